The summed E-state index contributed by atoms with van der Waals surface area (Å²) in [6, 6.07) is 0. The van der Waals surface area contributed by atoms with Gasteiger partial charge in [-0.1, -0.05) is 13.8 Å². The van der Waals surface area contributed by atoms with Crippen LogP contribution in [0.2, 0.25) is 0 Å². The Balaban J connectivity index is 1.74. The molecule has 2 heteroatoms. The highest BCUT2D eigenvalue weighted by Crippen LogP contribution is 2.33. The monoisotopic (exact) mass is 254 g/mol. The Morgan fingerprint density at radius 1 is 0.889 bits per heavy atom. The summed E-state index contributed by atoms with van der Waals surface area (Å²) >= 11 is 0. The van der Waals surface area contributed by atoms with Crippen molar-refractivity contribution >= 4 is 0 Å². The van der Waals surface area contributed by atoms with Crippen LogP contribution in [0.5, 0.6) is 0 Å². The molecule has 1 heterocycles. The first kappa shape index (κ1) is 14.3. The van der Waals surface area contributed by atoms with Crippen LogP contribution >= 0.6 is 0 Å². The van der Waals surface area contributed by atoms with Gasteiger partial charge in [0.1, 0.15) is 0 Å². The molecule has 1 aliphatic heterocycles. The van der Waals surface area contributed by atoms with E-state index in [1.807, 2.05) is 0 Å². The fourth-order valence-corrected chi connectivity index (χ4v) is 3.62. The lowest BCUT2D eigenvalue weighted by Crippen LogP contribution is -2.37. The predicted octanol–water partition coefficient (Wildman–Crippen LogP) is 4.17. The van der Waals surface area contributed by atoms with E-state index in [9.17, 15) is 0 Å². The third-order valence-corrected chi connectivity index (χ3v) is 4.70. The Labute approximate surface area is 112 Å². The number of rotatable bonds is 3. The van der Waals surface area contributed by atoms with E-state index in [0.717, 1.165) is 24.7 Å². The lowest BCUT2D eigenvalue weighted by atomic mass is 9.80. The van der Waals surface area contributed by atoms with Crippen molar-refractivity contribution < 1.29 is 9.47 Å². The van der Waals surface area contributed by atoms with E-state index in [1.54, 1.807) is 0 Å². The van der Waals surface area contributed by atoms with Crippen molar-refractivity contribution in [3.05, 3.63) is 0 Å². The number of ether oxygens (including phenoxy) is 2. The second-order valence-corrected chi connectivity index (χ2v) is 6.77. The van der Waals surface area contributed by atoms with Crippen molar-refractivity contribution in [2.45, 2.75) is 90.6 Å². The molecule has 2 fully saturated rings. The summed E-state index contributed by atoms with van der Waals surface area (Å²) in [6.07, 6.45) is 9.09. The van der Waals surface area contributed by atoms with Crippen LogP contribution in [0.1, 0.15) is 66.2 Å². The number of hydrogen-bond donors (Lipinski definition) is 0. The highest BCUT2D eigenvalue weighted by molar-refractivity contribution is 4.79. The summed E-state index contributed by atoms with van der Waals surface area (Å²) < 4.78 is 12.1. The van der Waals surface area contributed by atoms with Crippen LogP contribution in [0.15, 0.2) is 0 Å². The normalized spacial score (nSPS) is 42.2. The molecule has 0 radical (unpaired) electrons. The Morgan fingerprint density at radius 3 is 1.94 bits per heavy atom. The summed E-state index contributed by atoms with van der Waals surface area (Å²) in [4.78, 5) is 0. The summed E-state index contributed by atoms with van der Waals surface area (Å²) in [7, 11) is 0. The first-order valence-electron chi connectivity index (χ1n) is 7.85. The lowest BCUT2D eigenvalue weighted by molar-refractivity contribution is -0.129. The smallest absolute Gasteiger partial charge is 0.0628 e. The quantitative estimate of drug-likeness (QED) is 0.752. The number of hydrogen-bond acceptors (Lipinski definition) is 2. The molecule has 1 saturated heterocycles. The fraction of sp³-hybridized carbons (Fsp3) is 1.00. The molecule has 0 spiro atoms. The van der Waals surface area contributed by atoms with Crippen molar-refractivity contribution in [2.24, 2.45) is 11.8 Å². The minimum atomic E-state index is 0.366. The van der Waals surface area contributed by atoms with E-state index in [2.05, 4.69) is 27.7 Å². The molecular formula is C16H30O2. The highest BCUT2D eigenvalue weighted by atomic mass is 16.5. The van der Waals surface area contributed by atoms with Gasteiger partial charge in [0.05, 0.1) is 24.4 Å². The van der Waals surface area contributed by atoms with Crippen LogP contribution in [-0.4, -0.2) is 24.4 Å². The van der Waals surface area contributed by atoms with E-state index in [1.165, 1.54) is 25.7 Å². The first-order valence-corrected chi connectivity index (χ1v) is 7.85. The van der Waals surface area contributed by atoms with Crippen LogP contribution in [0.3, 0.4) is 0 Å². The van der Waals surface area contributed by atoms with Gasteiger partial charge in [0.25, 0.3) is 0 Å². The first-order chi connectivity index (χ1) is 8.54. The fourth-order valence-electron chi connectivity index (χ4n) is 3.62. The highest BCUT2D eigenvalue weighted by Gasteiger charge is 2.29. The maximum Gasteiger partial charge on any atom is 0.0628 e. The lowest BCUT2D eigenvalue weighted by Gasteiger charge is -2.37. The molecule has 106 valence electrons. The van der Waals surface area contributed by atoms with Gasteiger partial charge in [-0.15, -0.1) is 0 Å². The van der Waals surface area contributed by atoms with Gasteiger partial charge in [-0.3, -0.25) is 0 Å². The van der Waals surface area contributed by atoms with Gasteiger partial charge in [-0.25, -0.2) is 0 Å². The average molecular weight is 254 g/mol. The van der Waals surface area contributed by atoms with E-state index < -0.39 is 0 Å². The van der Waals surface area contributed by atoms with Crippen LogP contribution in [0, 0.1) is 11.8 Å². The average Bonchev–Trinajstić information content (AvgIpc) is 2.28. The van der Waals surface area contributed by atoms with Gasteiger partial charge in [-0.2, -0.15) is 0 Å². The van der Waals surface area contributed by atoms with Gasteiger partial charge < -0.3 is 9.47 Å². The van der Waals surface area contributed by atoms with Crippen molar-refractivity contribution in [1.82, 2.24) is 0 Å². The molecule has 18 heavy (non-hydrogen) atoms. The molecule has 2 aliphatic rings. The molecular weight excluding hydrogens is 224 g/mol. The topological polar surface area (TPSA) is 18.5 Å². The Morgan fingerprint density at radius 2 is 1.44 bits per heavy atom. The molecule has 0 amide bonds. The Hall–Kier alpha value is -0.0800. The van der Waals surface area contributed by atoms with Gasteiger partial charge in [0.15, 0.2) is 0 Å². The predicted molar refractivity (Wildman–Crippen MR) is 74.7 cm³/mol. The minimum Gasteiger partial charge on any atom is -0.375 e. The SMILES string of the molecule is CC1CC(OC2CCC(C(C)C)CC2)CC(C)O1. The molecule has 2 rings (SSSR count). The molecule has 2 unspecified atom stereocenters. The molecule has 0 aromatic heterocycles. The Kier molecular flexibility index (Phi) is 5.08. The van der Waals surface area contributed by atoms with Gasteiger partial charge in [0.2, 0.25) is 0 Å². The standard InChI is InChI=1S/C16H30O2/c1-11(2)14-5-7-15(8-6-14)18-16-9-12(3)17-13(4)10-16/h11-16H,5-10H2,1-4H3. The van der Waals surface area contributed by atoms with Crippen LogP contribution in [0.25, 0.3) is 0 Å². The zero-order chi connectivity index (χ0) is 13.1. The van der Waals surface area contributed by atoms with Gasteiger partial charge >= 0.3 is 0 Å². The minimum absolute atomic E-state index is 0.366. The van der Waals surface area contributed by atoms with Gasteiger partial charge in [-0.05, 0) is 64.2 Å². The second kappa shape index (κ2) is 6.38. The summed E-state index contributed by atoms with van der Waals surface area (Å²) in [6.45, 7) is 9.05. The van der Waals surface area contributed by atoms with E-state index in [4.69, 9.17) is 9.47 Å². The summed E-state index contributed by atoms with van der Waals surface area (Å²) in [5.41, 5.74) is 0. The van der Waals surface area contributed by atoms with Crippen molar-refractivity contribution in [1.29, 1.82) is 0 Å². The molecule has 0 aromatic carbocycles. The van der Waals surface area contributed by atoms with E-state index >= 15 is 0 Å². The van der Waals surface area contributed by atoms with E-state index in [-0.39, 0.29) is 0 Å². The maximum atomic E-state index is 6.32. The van der Waals surface area contributed by atoms with Crippen LogP contribution in [-0.2, 0) is 9.47 Å². The molecule has 2 nitrogen and oxygen atoms in total. The van der Waals surface area contributed by atoms with Crippen molar-refractivity contribution in [2.75, 3.05) is 0 Å². The third-order valence-electron chi connectivity index (χ3n) is 4.70. The molecule has 1 aliphatic carbocycles. The largest absolute Gasteiger partial charge is 0.375 e. The molecule has 0 aromatic rings. The molecule has 2 atom stereocenters. The van der Waals surface area contributed by atoms with Crippen molar-refractivity contribution in [3.8, 4) is 0 Å². The summed E-state index contributed by atoms with van der Waals surface area (Å²) in [5.74, 6) is 1.77. The van der Waals surface area contributed by atoms with Gasteiger partial charge in [0, 0.05) is 0 Å². The second-order valence-electron chi connectivity index (χ2n) is 6.77. The summed E-state index contributed by atoms with van der Waals surface area (Å²) in [5, 5.41) is 0. The van der Waals surface area contributed by atoms with Crippen molar-refractivity contribution in [3.63, 3.8) is 0 Å². The van der Waals surface area contributed by atoms with Crippen LogP contribution < -0.4 is 0 Å². The zero-order valence-corrected chi connectivity index (χ0v) is 12.5. The van der Waals surface area contributed by atoms with Crippen LogP contribution in [0.4, 0.5) is 0 Å². The van der Waals surface area contributed by atoms with E-state index in [0.29, 0.717) is 24.4 Å². The third kappa shape index (κ3) is 3.96. The molecule has 0 bridgehead atoms. The molecule has 1 saturated carbocycles. The molecule has 0 N–H and O–H groups in total. The maximum absolute atomic E-state index is 6.32. The Bertz CT molecular complexity index is 233. The zero-order valence-electron chi connectivity index (χ0n) is 12.5.